The second-order valence-electron chi connectivity index (χ2n) is 2.78. The standard InChI is InChI=1S/C8H10N2OS2/c11-4-6-3-9-8(10-6)7-5-12-1-2-13-7/h3-4,7H,1-2,5H2,(H,9,10). The van der Waals surface area contributed by atoms with Gasteiger partial charge < -0.3 is 4.98 Å². The van der Waals surface area contributed by atoms with E-state index in [4.69, 9.17) is 0 Å². The maximum absolute atomic E-state index is 10.4. The Morgan fingerprint density at radius 1 is 1.62 bits per heavy atom. The number of H-pyrrole nitrogens is 1. The summed E-state index contributed by atoms with van der Waals surface area (Å²) >= 11 is 3.86. The Morgan fingerprint density at radius 3 is 3.15 bits per heavy atom. The number of hydrogen-bond acceptors (Lipinski definition) is 4. The van der Waals surface area contributed by atoms with Crippen molar-refractivity contribution in [1.29, 1.82) is 0 Å². The van der Waals surface area contributed by atoms with Crippen molar-refractivity contribution in [2.24, 2.45) is 0 Å². The molecule has 0 aliphatic carbocycles. The molecule has 1 aliphatic rings. The smallest absolute Gasteiger partial charge is 0.167 e. The highest BCUT2D eigenvalue weighted by Gasteiger charge is 2.18. The summed E-state index contributed by atoms with van der Waals surface area (Å²) in [5, 5.41) is 0.437. The van der Waals surface area contributed by atoms with Gasteiger partial charge in [-0.3, -0.25) is 4.79 Å². The van der Waals surface area contributed by atoms with Gasteiger partial charge >= 0.3 is 0 Å². The van der Waals surface area contributed by atoms with Gasteiger partial charge in [0, 0.05) is 17.3 Å². The van der Waals surface area contributed by atoms with Crippen molar-refractivity contribution in [3.05, 3.63) is 17.7 Å². The van der Waals surface area contributed by atoms with Gasteiger partial charge in [-0.25, -0.2) is 4.98 Å². The molecule has 0 radical (unpaired) electrons. The maximum atomic E-state index is 10.4. The van der Waals surface area contributed by atoms with Crippen LogP contribution in [0.5, 0.6) is 0 Å². The summed E-state index contributed by atoms with van der Waals surface area (Å²) in [5.74, 6) is 4.44. The Morgan fingerprint density at radius 2 is 2.54 bits per heavy atom. The van der Waals surface area contributed by atoms with Crippen molar-refractivity contribution in [3.8, 4) is 0 Å². The van der Waals surface area contributed by atoms with Gasteiger partial charge in [-0.1, -0.05) is 0 Å². The highest BCUT2D eigenvalue weighted by Crippen LogP contribution is 2.34. The van der Waals surface area contributed by atoms with Gasteiger partial charge in [0.15, 0.2) is 6.29 Å². The predicted octanol–water partition coefficient (Wildman–Crippen LogP) is 1.74. The fourth-order valence-corrected chi connectivity index (χ4v) is 3.85. The summed E-state index contributed by atoms with van der Waals surface area (Å²) in [4.78, 5) is 17.6. The van der Waals surface area contributed by atoms with E-state index in [9.17, 15) is 4.79 Å². The number of nitrogens with one attached hydrogen (secondary N) is 1. The lowest BCUT2D eigenvalue weighted by Gasteiger charge is -2.18. The molecule has 0 aromatic carbocycles. The molecule has 0 amide bonds. The number of aldehydes is 1. The van der Waals surface area contributed by atoms with E-state index < -0.39 is 0 Å². The van der Waals surface area contributed by atoms with Crippen LogP contribution in [0, 0.1) is 0 Å². The molecule has 13 heavy (non-hydrogen) atoms. The third kappa shape index (κ3) is 2.08. The first-order valence-electron chi connectivity index (χ1n) is 4.09. The van der Waals surface area contributed by atoms with Crippen LogP contribution in [-0.2, 0) is 0 Å². The minimum absolute atomic E-state index is 0.437. The maximum Gasteiger partial charge on any atom is 0.167 e. The summed E-state index contributed by atoms with van der Waals surface area (Å²) in [6.45, 7) is 0. The molecule has 1 aromatic rings. The summed E-state index contributed by atoms with van der Waals surface area (Å²) < 4.78 is 0. The van der Waals surface area contributed by atoms with E-state index >= 15 is 0 Å². The van der Waals surface area contributed by atoms with Crippen LogP contribution in [0.15, 0.2) is 6.20 Å². The molecule has 1 aliphatic heterocycles. The second-order valence-corrected chi connectivity index (χ2v) is 5.24. The Bertz CT molecular complexity index is 294. The normalized spacial score (nSPS) is 22.9. The van der Waals surface area contributed by atoms with Gasteiger partial charge in [-0.05, 0) is 0 Å². The molecule has 3 nitrogen and oxygen atoms in total. The lowest BCUT2D eigenvalue weighted by atomic mass is 10.4. The third-order valence-corrected chi connectivity index (χ3v) is 4.63. The molecule has 0 bridgehead atoms. The van der Waals surface area contributed by atoms with Crippen molar-refractivity contribution in [2.75, 3.05) is 17.3 Å². The van der Waals surface area contributed by atoms with Crippen LogP contribution in [0.4, 0.5) is 0 Å². The topological polar surface area (TPSA) is 45.8 Å². The number of thioether (sulfide) groups is 2. The van der Waals surface area contributed by atoms with Crippen LogP contribution < -0.4 is 0 Å². The third-order valence-electron chi connectivity index (χ3n) is 1.86. The molecule has 2 heterocycles. The van der Waals surface area contributed by atoms with Crippen LogP contribution in [0.25, 0.3) is 0 Å². The molecule has 1 unspecified atom stereocenters. The number of aromatic nitrogens is 2. The van der Waals surface area contributed by atoms with Gasteiger partial charge in [0.2, 0.25) is 0 Å². The number of hydrogen-bond donors (Lipinski definition) is 1. The van der Waals surface area contributed by atoms with Crippen molar-refractivity contribution in [1.82, 2.24) is 9.97 Å². The average molecular weight is 214 g/mol. The van der Waals surface area contributed by atoms with Crippen LogP contribution in [0.1, 0.15) is 21.6 Å². The Balaban J connectivity index is 2.09. The lowest BCUT2D eigenvalue weighted by molar-refractivity contribution is 0.111. The largest absolute Gasteiger partial charge is 0.339 e. The number of imidazole rings is 1. The zero-order valence-electron chi connectivity index (χ0n) is 7.03. The summed E-state index contributed by atoms with van der Waals surface area (Å²) in [6.07, 6.45) is 2.40. The lowest BCUT2D eigenvalue weighted by Crippen LogP contribution is -2.07. The van der Waals surface area contributed by atoms with Gasteiger partial charge in [0.25, 0.3) is 0 Å². The Kier molecular flexibility index (Phi) is 2.95. The zero-order chi connectivity index (χ0) is 9.10. The van der Waals surface area contributed by atoms with E-state index in [1.807, 2.05) is 23.5 Å². The van der Waals surface area contributed by atoms with Crippen LogP contribution in [0.2, 0.25) is 0 Å². The second kappa shape index (κ2) is 4.19. The van der Waals surface area contributed by atoms with E-state index in [0.717, 1.165) is 17.9 Å². The fraction of sp³-hybridized carbons (Fsp3) is 0.500. The highest BCUT2D eigenvalue weighted by atomic mass is 32.2. The molecule has 2 rings (SSSR count). The molecule has 1 atom stereocenters. The summed E-state index contributed by atoms with van der Waals surface area (Å²) in [7, 11) is 0. The van der Waals surface area contributed by atoms with E-state index in [-0.39, 0.29) is 0 Å². The predicted molar refractivity (Wildman–Crippen MR) is 56.5 cm³/mol. The number of aromatic amines is 1. The molecule has 1 saturated heterocycles. The SMILES string of the molecule is O=Cc1cnc(C2CSCCS2)[nH]1. The first-order chi connectivity index (χ1) is 6.40. The van der Waals surface area contributed by atoms with E-state index in [0.29, 0.717) is 10.9 Å². The van der Waals surface area contributed by atoms with Crippen LogP contribution in [0.3, 0.4) is 0 Å². The number of nitrogens with zero attached hydrogens (tertiary/aromatic N) is 1. The molecule has 0 spiro atoms. The first-order valence-corrected chi connectivity index (χ1v) is 6.30. The monoisotopic (exact) mass is 214 g/mol. The van der Waals surface area contributed by atoms with E-state index in [1.165, 1.54) is 11.5 Å². The van der Waals surface area contributed by atoms with Gasteiger partial charge in [0.1, 0.15) is 5.82 Å². The van der Waals surface area contributed by atoms with Crippen molar-refractivity contribution in [3.63, 3.8) is 0 Å². The molecule has 0 saturated carbocycles. The summed E-state index contributed by atoms with van der Waals surface area (Å²) in [5.41, 5.74) is 0.575. The van der Waals surface area contributed by atoms with Crippen molar-refractivity contribution >= 4 is 29.8 Å². The number of carbonyl (C=O) groups is 1. The quantitative estimate of drug-likeness (QED) is 0.762. The van der Waals surface area contributed by atoms with E-state index in [1.54, 1.807) is 6.20 Å². The fourth-order valence-electron chi connectivity index (χ4n) is 1.22. The Labute approximate surface area is 85.1 Å². The molecule has 1 fully saturated rings. The van der Waals surface area contributed by atoms with Gasteiger partial charge in [-0.15, -0.1) is 11.8 Å². The molecular formula is C8H10N2OS2. The minimum Gasteiger partial charge on any atom is -0.339 e. The first kappa shape index (κ1) is 9.15. The summed E-state index contributed by atoms with van der Waals surface area (Å²) in [6, 6.07) is 0. The molecular weight excluding hydrogens is 204 g/mol. The molecule has 1 N–H and O–H groups in total. The van der Waals surface area contributed by atoms with Gasteiger partial charge in [-0.2, -0.15) is 11.8 Å². The van der Waals surface area contributed by atoms with Crippen LogP contribution >= 0.6 is 23.5 Å². The van der Waals surface area contributed by atoms with Crippen LogP contribution in [-0.4, -0.2) is 33.5 Å². The number of carbonyl (C=O) groups excluding carboxylic acids is 1. The van der Waals surface area contributed by atoms with Gasteiger partial charge in [0.05, 0.1) is 17.1 Å². The highest BCUT2D eigenvalue weighted by molar-refractivity contribution is 8.06. The molecule has 1 aromatic heterocycles. The van der Waals surface area contributed by atoms with E-state index in [2.05, 4.69) is 9.97 Å². The minimum atomic E-state index is 0.437. The zero-order valence-corrected chi connectivity index (χ0v) is 8.66. The molecule has 5 heteroatoms. The molecule has 70 valence electrons. The van der Waals surface area contributed by atoms with Crippen molar-refractivity contribution in [2.45, 2.75) is 5.25 Å². The number of rotatable bonds is 2. The van der Waals surface area contributed by atoms with Crippen molar-refractivity contribution < 1.29 is 4.79 Å². The average Bonchev–Trinajstić information content (AvgIpc) is 2.67. The Hall–Kier alpha value is -0.420.